The van der Waals surface area contributed by atoms with E-state index in [2.05, 4.69) is 28.7 Å². The zero-order chi connectivity index (χ0) is 19.7. The largest absolute Gasteiger partial charge is 0.356 e. The summed E-state index contributed by atoms with van der Waals surface area (Å²) in [5.41, 5.74) is -0.307. The first-order valence-electron chi connectivity index (χ1n) is 8.49. The van der Waals surface area contributed by atoms with Crippen molar-refractivity contribution < 1.29 is 13.2 Å². The Bertz CT molecular complexity index is 926. The van der Waals surface area contributed by atoms with Crippen molar-refractivity contribution in [1.82, 2.24) is 9.66 Å². The molecular weight excluding hydrogens is 379 g/mol. The van der Waals surface area contributed by atoms with E-state index in [1.165, 1.54) is 11.7 Å². The van der Waals surface area contributed by atoms with Crippen molar-refractivity contribution in [3.05, 3.63) is 40.4 Å². The third-order valence-electron chi connectivity index (χ3n) is 4.70. The predicted octanol–water partition coefficient (Wildman–Crippen LogP) is 3.85. The highest BCUT2D eigenvalue weighted by Crippen LogP contribution is 2.39. The van der Waals surface area contributed by atoms with Gasteiger partial charge in [-0.25, -0.2) is 13.2 Å². The molecular formula is C18H19ClF3N5. The molecule has 2 heterocycles. The number of hydrogen-bond donors (Lipinski definition) is 0. The van der Waals surface area contributed by atoms with Crippen LogP contribution >= 0.6 is 11.6 Å². The lowest BCUT2D eigenvalue weighted by atomic mass is 9.98. The van der Waals surface area contributed by atoms with E-state index in [0.717, 1.165) is 12.8 Å². The smallest absolute Gasteiger partial charge is 0.248 e. The summed E-state index contributed by atoms with van der Waals surface area (Å²) in [5, 5.41) is 3.79. The first-order chi connectivity index (χ1) is 12.9. The van der Waals surface area contributed by atoms with Crippen LogP contribution in [0.1, 0.15) is 19.8 Å². The number of benzene rings is 1. The van der Waals surface area contributed by atoms with Crippen LogP contribution < -0.4 is 10.5 Å². The van der Waals surface area contributed by atoms with Gasteiger partial charge in [-0.15, -0.1) is 0 Å². The molecule has 0 amide bonds. The number of nitrogens with zero attached hydrogens (tertiary/aromatic N) is 5. The molecule has 0 unspecified atom stereocenters. The average Bonchev–Trinajstić information content (AvgIpc) is 2.62. The van der Waals surface area contributed by atoms with Gasteiger partial charge in [0.25, 0.3) is 0 Å². The summed E-state index contributed by atoms with van der Waals surface area (Å²) in [4.78, 5) is 10.0. The Morgan fingerprint density at radius 2 is 1.74 bits per heavy atom. The zero-order valence-corrected chi connectivity index (χ0v) is 15.8. The van der Waals surface area contributed by atoms with Crippen molar-refractivity contribution in [2.75, 3.05) is 25.0 Å². The Morgan fingerprint density at radius 1 is 1.15 bits per heavy atom. The molecule has 0 aliphatic carbocycles. The van der Waals surface area contributed by atoms with Crippen molar-refractivity contribution in [1.29, 1.82) is 0 Å². The van der Waals surface area contributed by atoms with Crippen LogP contribution in [-0.4, -0.2) is 36.5 Å². The second-order valence-corrected chi connectivity index (χ2v) is 6.85. The van der Waals surface area contributed by atoms with Crippen LogP contribution in [0.25, 0.3) is 11.1 Å². The number of anilines is 1. The highest BCUT2D eigenvalue weighted by Gasteiger charge is 2.28. The van der Waals surface area contributed by atoms with Crippen molar-refractivity contribution >= 4 is 24.1 Å². The summed E-state index contributed by atoms with van der Waals surface area (Å²) in [7, 11) is 1.50. The molecule has 1 aromatic heterocycles. The van der Waals surface area contributed by atoms with Gasteiger partial charge in [0, 0.05) is 39.0 Å². The van der Waals surface area contributed by atoms with Crippen LogP contribution in [-0.2, 0) is 0 Å². The Balaban J connectivity index is 2.36. The van der Waals surface area contributed by atoms with Crippen LogP contribution in [0.3, 0.4) is 0 Å². The fourth-order valence-electron chi connectivity index (χ4n) is 3.27. The van der Waals surface area contributed by atoms with E-state index in [-0.39, 0.29) is 16.3 Å². The summed E-state index contributed by atoms with van der Waals surface area (Å²) in [6, 6.07) is 1.22. The first kappa shape index (κ1) is 19.4. The maximum absolute atomic E-state index is 14.5. The van der Waals surface area contributed by atoms with Gasteiger partial charge >= 0.3 is 0 Å². The molecule has 3 rings (SSSR count). The fraction of sp³-hybridized carbons (Fsp3) is 0.389. The molecule has 0 N–H and O–H groups in total. The standard InChI is InChI=1S/C18H19ClF3N5/c1-10-4-6-26(7-5-10)17-15(14-12(21)8-11(20)9-13(14)22)16(19)25-18(23-2)27(17)24-3/h8-10H,3-7H2,1-2H3/b23-18-. The predicted molar refractivity (Wildman–Crippen MR) is 99.6 cm³/mol. The van der Waals surface area contributed by atoms with E-state index >= 15 is 0 Å². The van der Waals surface area contributed by atoms with Crippen molar-refractivity contribution in [3.63, 3.8) is 0 Å². The van der Waals surface area contributed by atoms with Gasteiger partial charge in [-0.2, -0.15) is 14.8 Å². The maximum Gasteiger partial charge on any atom is 0.248 e. The normalized spacial score (nSPS) is 16.1. The summed E-state index contributed by atoms with van der Waals surface area (Å²) < 4.78 is 43.8. The first-order valence-corrected chi connectivity index (χ1v) is 8.87. The Morgan fingerprint density at radius 3 is 2.26 bits per heavy atom. The van der Waals surface area contributed by atoms with Crippen molar-refractivity contribution in [2.24, 2.45) is 16.0 Å². The number of hydrogen-bond acceptors (Lipinski definition) is 4. The van der Waals surface area contributed by atoms with Crippen molar-refractivity contribution in [3.8, 4) is 11.1 Å². The third kappa shape index (κ3) is 3.58. The molecule has 1 aliphatic heterocycles. The van der Waals surface area contributed by atoms with Crippen LogP contribution in [0.4, 0.5) is 19.0 Å². The number of piperidine rings is 1. The highest BCUT2D eigenvalue weighted by atomic mass is 35.5. The van der Waals surface area contributed by atoms with Crippen LogP contribution in [0.5, 0.6) is 0 Å². The van der Waals surface area contributed by atoms with Crippen LogP contribution in [0.2, 0.25) is 5.15 Å². The van der Waals surface area contributed by atoms with E-state index in [1.807, 2.05) is 4.90 Å². The van der Waals surface area contributed by atoms with Gasteiger partial charge in [0.15, 0.2) is 0 Å². The molecule has 1 aliphatic rings. The van der Waals surface area contributed by atoms with Gasteiger partial charge < -0.3 is 4.90 Å². The zero-order valence-electron chi connectivity index (χ0n) is 15.0. The van der Waals surface area contributed by atoms with Gasteiger partial charge in [0.1, 0.15) is 28.4 Å². The second kappa shape index (κ2) is 7.72. The van der Waals surface area contributed by atoms with Gasteiger partial charge in [-0.05, 0) is 18.8 Å². The Kier molecular flexibility index (Phi) is 5.55. The van der Waals surface area contributed by atoms with Gasteiger partial charge in [-0.3, -0.25) is 4.99 Å². The lowest BCUT2D eigenvalue weighted by Gasteiger charge is -2.34. The summed E-state index contributed by atoms with van der Waals surface area (Å²) in [6.45, 7) is 6.94. The molecule has 1 fully saturated rings. The monoisotopic (exact) mass is 397 g/mol. The SMILES string of the molecule is C=Nn1c(N2CCC(C)CC2)c(-c2c(F)cc(F)cc2F)c(Cl)n/c1=N/C. The van der Waals surface area contributed by atoms with Crippen LogP contribution in [0, 0.1) is 23.4 Å². The lowest BCUT2D eigenvalue weighted by molar-refractivity contribution is 0.433. The maximum atomic E-state index is 14.5. The van der Waals surface area contributed by atoms with E-state index < -0.39 is 23.0 Å². The molecule has 0 atom stereocenters. The molecule has 1 saturated heterocycles. The van der Waals surface area contributed by atoms with Gasteiger partial charge in [0.05, 0.1) is 11.1 Å². The molecule has 5 nitrogen and oxygen atoms in total. The molecule has 9 heteroatoms. The minimum absolute atomic E-state index is 0.000944. The summed E-state index contributed by atoms with van der Waals surface area (Å²) in [5.74, 6) is -2.29. The van der Waals surface area contributed by atoms with Gasteiger partial charge in [0.2, 0.25) is 5.62 Å². The van der Waals surface area contributed by atoms with E-state index in [0.29, 0.717) is 37.0 Å². The third-order valence-corrected chi connectivity index (χ3v) is 4.97. The second-order valence-electron chi connectivity index (χ2n) is 6.49. The molecule has 1 aromatic carbocycles. The molecule has 0 spiro atoms. The summed E-state index contributed by atoms with van der Waals surface area (Å²) >= 11 is 6.31. The quantitative estimate of drug-likeness (QED) is 0.583. The molecule has 0 saturated carbocycles. The van der Waals surface area contributed by atoms with Crippen LogP contribution in [0.15, 0.2) is 22.2 Å². The van der Waals surface area contributed by atoms with Gasteiger partial charge in [-0.1, -0.05) is 18.5 Å². The number of aromatic nitrogens is 2. The number of halogens is 4. The Hall–Kier alpha value is -2.35. The molecule has 0 radical (unpaired) electrons. The van der Waals surface area contributed by atoms with E-state index in [4.69, 9.17) is 11.6 Å². The Labute approximate surface area is 159 Å². The molecule has 144 valence electrons. The molecule has 2 aromatic rings. The van der Waals surface area contributed by atoms with E-state index in [1.54, 1.807) is 0 Å². The minimum atomic E-state index is -1.07. The minimum Gasteiger partial charge on any atom is -0.356 e. The van der Waals surface area contributed by atoms with E-state index in [9.17, 15) is 13.2 Å². The topological polar surface area (TPSA) is 45.8 Å². The average molecular weight is 398 g/mol. The highest BCUT2D eigenvalue weighted by molar-refractivity contribution is 6.32. The lowest BCUT2D eigenvalue weighted by Crippen LogP contribution is -2.38. The fourth-order valence-corrected chi connectivity index (χ4v) is 3.52. The molecule has 27 heavy (non-hydrogen) atoms. The number of rotatable bonds is 3. The summed E-state index contributed by atoms with van der Waals surface area (Å²) in [6.07, 6.45) is 1.78. The van der Waals surface area contributed by atoms with Crippen molar-refractivity contribution in [2.45, 2.75) is 19.8 Å². The molecule has 0 bridgehead atoms.